The first-order chi connectivity index (χ1) is 24.8. The van der Waals surface area contributed by atoms with Gasteiger partial charge in [0.2, 0.25) is 18.2 Å². The van der Waals surface area contributed by atoms with Crippen LogP contribution in [0.3, 0.4) is 0 Å². The van der Waals surface area contributed by atoms with Crippen LogP contribution in [0.1, 0.15) is 63.4 Å². The highest BCUT2D eigenvalue weighted by molar-refractivity contribution is 5.86. The fraction of sp³-hybridized carbons (Fsp3) is 0.389. The number of ether oxygens (including phenoxy) is 1. The molecule has 16 heteroatoms. The molecule has 13 nitrogen and oxygen atoms in total. The normalized spacial score (nSPS) is 15.5. The Morgan fingerprint density at radius 3 is 2.25 bits per heavy atom. The number of H-pyrrole nitrogens is 2. The number of carbonyl (C=O) groups excluding carboxylic acids is 4. The minimum atomic E-state index is -4.75. The number of nitrogens with one attached hydrogen (secondary N) is 4. The topological polar surface area (TPSA) is 165 Å². The van der Waals surface area contributed by atoms with E-state index in [1.807, 2.05) is 31.2 Å². The minimum absolute atomic E-state index is 0.0265. The number of nitrogens with zero attached hydrogens (tertiary/aromatic N) is 4. The number of hydrogen-bond acceptors (Lipinski definition) is 7. The number of carbonyl (C=O) groups is 4. The van der Waals surface area contributed by atoms with Crippen molar-refractivity contribution in [1.29, 1.82) is 0 Å². The summed E-state index contributed by atoms with van der Waals surface area (Å²) in [6, 6.07) is 12.3. The number of hydrogen-bond donors (Lipinski definition) is 4. The number of amides is 4. The molecule has 0 saturated carbocycles. The van der Waals surface area contributed by atoms with E-state index < -0.39 is 36.0 Å². The molecule has 4 N–H and O–H groups in total. The van der Waals surface area contributed by atoms with Gasteiger partial charge in [-0.15, -0.1) is 0 Å². The molecule has 4 amide bonds. The van der Waals surface area contributed by atoms with E-state index in [1.165, 1.54) is 18.9 Å². The molecule has 0 bridgehead atoms. The molecule has 0 radical (unpaired) electrons. The molecule has 2 aromatic heterocycles. The molecule has 0 spiro atoms. The van der Waals surface area contributed by atoms with Gasteiger partial charge in [-0.1, -0.05) is 55.5 Å². The Bertz CT molecular complexity index is 1870. The summed E-state index contributed by atoms with van der Waals surface area (Å²) in [6.07, 6.45) is -1.25. The molecule has 1 saturated heterocycles. The Hall–Kier alpha value is -5.67. The summed E-state index contributed by atoms with van der Waals surface area (Å²) < 4.78 is 47.0. The lowest BCUT2D eigenvalue weighted by Crippen LogP contribution is -2.46. The molecule has 5 rings (SSSR count). The Kier molecular flexibility index (Phi) is 11.7. The molecular weight excluding hydrogens is 681 g/mol. The van der Waals surface area contributed by atoms with Crippen LogP contribution >= 0.6 is 0 Å². The van der Waals surface area contributed by atoms with Crippen LogP contribution in [0.2, 0.25) is 0 Å². The summed E-state index contributed by atoms with van der Waals surface area (Å²) in [7, 11) is 1.24. The molecule has 1 aliphatic heterocycles. The fourth-order valence-corrected chi connectivity index (χ4v) is 6.26. The molecular formula is C36H41F3N8O5. The predicted molar refractivity (Wildman–Crippen MR) is 185 cm³/mol. The third-order valence-corrected chi connectivity index (χ3v) is 8.90. The van der Waals surface area contributed by atoms with Gasteiger partial charge in [-0.25, -0.2) is 14.8 Å². The number of likely N-dealkylation sites (tertiary alicyclic amines) is 1. The van der Waals surface area contributed by atoms with Crippen LogP contribution < -0.4 is 10.6 Å². The number of alkyl halides is 3. The van der Waals surface area contributed by atoms with Crippen molar-refractivity contribution in [2.24, 2.45) is 0 Å². The molecule has 276 valence electrons. The first-order valence-corrected chi connectivity index (χ1v) is 16.9. The summed E-state index contributed by atoms with van der Waals surface area (Å²) in [5.74, 6) is -0.0486. The van der Waals surface area contributed by atoms with Gasteiger partial charge >= 0.3 is 12.3 Å². The number of aromatic nitrogens is 4. The van der Waals surface area contributed by atoms with E-state index in [1.54, 1.807) is 42.3 Å². The maximum atomic E-state index is 14.1. The molecule has 1 fully saturated rings. The average molecular weight is 723 g/mol. The molecule has 52 heavy (non-hydrogen) atoms. The zero-order valence-electron chi connectivity index (χ0n) is 29.2. The second kappa shape index (κ2) is 16.1. The van der Waals surface area contributed by atoms with Crippen LogP contribution in [0.25, 0.3) is 33.6 Å². The lowest BCUT2D eigenvalue weighted by atomic mass is 10.0. The minimum Gasteiger partial charge on any atom is -0.453 e. The third-order valence-electron chi connectivity index (χ3n) is 8.90. The molecule has 0 aliphatic carbocycles. The quantitative estimate of drug-likeness (QED) is 0.134. The third kappa shape index (κ3) is 8.44. The van der Waals surface area contributed by atoms with Crippen molar-refractivity contribution in [2.75, 3.05) is 20.2 Å². The molecule has 0 unspecified atom stereocenters. The van der Waals surface area contributed by atoms with Crippen LogP contribution in [-0.4, -0.2) is 86.3 Å². The second-order valence-corrected chi connectivity index (χ2v) is 12.6. The zero-order valence-corrected chi connectivity index (χ0v) is 29.2. The van der Waals surface area contributed by atoms with Crippen molar-refractivity contribution >= 4 is 24.3 Å². The number of alkyl carbamates (subject to hydrolysis) is 1. The van der Waals surface area contributed by atoms with Crippen molar-refractivity contribution < 1.29 is 37.1 Å². The average Bonchev–Trinajstić information content (AvgIpc) is 3.91. The molecule has 1 aliphatic rings. The highest BCUT2D eigenvalue weighted by atomic mass is 19.4. The van der Waals surface area contributed by atoms with Gasteiger partial charge in [0.25, 0.3) is 0 Å². The summed E-state index contributed by atoms with van der Waals surface area (Å²) in [5.41, 5.74) is 2.19. The molecule has 4 aromatic rings. The van der Waals surface area contributed by atoms with Crippen molar-refractivity contribution in [2.45, 2.75) is 70.9 Å². The number of methoxy groups -OCH3 is 1. The maximum Gasteiger partial charge on any atom is 0.435 e. The fourth-order valence-electron chi connectivity index (χ4n) is 6.26. The summed E-state index contributed by atoms with van der Waals surface area (Å²) in [6.45, 7) is 5.57. The largest absolute Gasteiger partial charge is 0.453 e. The van der Waals surface area contributed by atoms with E-state index in [2.05, 4.69) is 35.3 Å². The van der Waals surface area contributed by atoms with Crippen LogP contribution in [0.4, 0.5) is 18.0 Å². The Labute approximate surface area is 298 Å². The summed E-state index contributed by atoms with van der Waals surface area (Å²) >= 11 is 0. The van der Waals surface area contributed by atoms with Crippen LogP contribution in [-0.2, 0) is 31.8 Å². The number of aromatic amines is 2. The van der Waals surface area contributed by atoms with Crippen LogP contribution in [0.5, 0.6) is 0 Å². The van der Waals surface area contributed by atoms with E-state index >= 15 is 0 Å². The number of benzene rings is 2. The van der Waals surface area contributed by atoms with Crippen LogP contribution in [0, 0.1) is 0 Å². The Morgan fingerprint density at radius 1 is 1.02 bits per heavy atom. The van der Waals surface area contributed by atoms with Gasteiger partial charge in [-0.2, -0.15) is 13.2 Å². The van der Waals surface area contributed by atoms with Gasteiger partial charge in [-0.05, 0) is 49.8 Å². The number of imidazole rings is 2. The van der Waals surface area contributed by atoms with Gasteiger partial charge < -0.3 is 35.1 Å². The summed E-state index contributed by atoms with van der Waals surface area (Å²) in [5, 5.41) is 4.89. The molecule has 3 atom stereocenters. The standard InChI is InChI=1S/C36H41F3N8O5/c1-5-16-46(33(49)21(2)41-20-48)19-29-44-30(31(45-29)36(37,38)39)26-14-10-24(11-15-26)23-8-12-25(13-9-23)27-18-40-32(43-27)28-7-6-17-47(28)34(50)22(3)42-35(51)52-4/h8-15,18,20-22,28H,5-7,16-17,19H2,1-4H3,(H,40,43)(H,41,48)(H,42,51)(H,44,45)/t21-,22-,28-/m0/s1. The van der Waals surface area contributed by atoms with E-state index in [0.717, 1.165) is 35.2 Å². The van der Waals surface area contributed by atoms with Crippen LogP contribution in [0.15, 0.2) is 54.7 Å². The van der Waals surface area contributed by atoms with Crippen molar-refractivity contribution in [3.63, 3.8) is 0 Å². The Balaban J connectivity index is 1.30. The number of halogens is 3. The van der Waals surface area contributed by atoms with Crippen molar-refractivity contribution in [1.82, 2.24) is 40.4 Å². The van der Waals surface area contributed by atoms with Gasteiger partial charge in [-0.3, -0.25) is 14.4 Å². The highest BCUT2D eigenvalue weighted by Crippen LogP contribution is 2.37. The van der Waals surface area contributed by atoms with Gasteiger partial charge in [0.15, 0.2) is 5.69 Å². The first-order valence-electron chi connectivity index (χ1n) is 16.9. The van der Waals surface area contributed by atoms with Crippen molar-refractivity contribution in [3.8, 4) is 33.6 Å². The van der Waals surface area contributed by atoms with E-state index in [4.69, 9.17) is 0 Å². The van der Waals surface area contributed by atoms with Gasteiger partial charge in [0.05, 0.1) is 37.3 Å². The monoisotopic (exact) mass is 722 g/mol. The zero-order chi connectivity index (χ0) is 37.6. The molecule has 3 heterocycles. The van der Waals surface area contributed by atoms with E-state index in [0.29, 0.717) is 25.2 Å². The maximum absolute atomic E-state index is 14.1. The van der Waals surface area contributed by atoms with Crippen molar-refractivity contribution in [3.05, 3.63) is 72.1 Å². The second-order valence-electron chi connectivity index (χ2n) is 12.6. The highest BCUT2D eigenvalue weighted by Gasteiger charge is 2.38. The SMILES string of the molecule is CCCN(Cc1nc(C(F)(F)F)c(-c2ccc(-c3ccc(-c4cnc([C@@H]5CCCN5C(=O)[C@H](C)NC(=O)OC)[nH]4)cc3)cc2)[nH]1)C(=O)[C@H](C)NC=O. The molecule has 2 aromatic carbocycles. The number of rotatable bonds is 13. The van der Waals surface area contributed by atoms with E-state index in [-0.39, 0.29) is 42.1 Å². The van der Waals surface area contributed by atoms with Gasteiger partial charge in [0.1, 0.15) is 23.7 Å². The first kappa shape index (κ1) is 37.6. The van der Waals surface area contributed by atoms with Gasteiger partial charge in [0, 0.05) is 18.7 Å². The smallest absolute Gasteiger partial charge is 0.435 e. The lowest BCUT2D eigenvalue weighted by Gasteiger charge is -2.26. The lowest BCUT2D eigenvalue weighted by molar-refractivity contribution is -0.140. The predicted octanol–water partition coefficient (Wildman–Crippen LogP) is 5.43. The Morgan fingerprint density at radius 2 is 1.65 bits per heavy atom. The van der Waals surface area contributed by atoms with E-state index in [9.17, 15) is 32.3 Å². The summed E-state index contributed by atoms with van der Waals surface area (Å²) in [4.78, 5) is 65.9.